The van der Waals surface area contributed by atoms with Crippen LogP contribution in [0.4, 0.5) is 0 Å². The first-order valence-electron chi connectivity index (χ1n) is 18.3. The number of benzene rings is 4. The molecule has 0 spiro atoms. The molecule has 0 N–H and O–H groups in total. The monoisotopic (exact) mass is 808 g/mol. The molecule has 0 nitrogen and oxygen atoms in total. The van der Waals surface area contributed by atoms with E-state index in [1.165, 1.54) is 87.9 Å². The Balaban J connectivity index is 0.000000294. The molecule has 1 aliphatic carbocycles. The van der Waals surface area contributed by atoms with Gasteiger partial charge in [-0.15, -0.1) is 46.7 Å². The predicted molar refractivity (Wildman–Crippen MR) is 219 cm³/mol. The van der Waals surface area contributed by atoms with E-state index in [9.17, 15) is 0 Å². The Kier molecular flexibility index (Phi) is 15.6. The molecule has 0 saturated carbocycles. The van der Waals surface area contributed by atoms with Gasteiger partial charge in [0.25, 0.3) is 0 Å². The Morgan fingerprint density at radius 3 is 1.12 bits per heavy atom. The van der Waals surface area contributed by atoms with E-state index in [0.717, 1.165) is 0 Å². The first-order valence-corrected chi connectivity index (χ1v) is 19.5. The van der Waals surface area contributed by atoms with Gasteiger partial charge >= 0.3 is 151 Å². The van der Waals surface area contributed by atoms with E-state index < -0.39 is 0 Å². The van der Waals surface area contributed by atoms with Crippen LogP contribution in [0.3, 0.4) is 0 Å². The van der Waals surface area contributed by atoms with Gasteiger partial charge in [0.1, 0.15) is 0 Å². The first-order chi connectivity index (χ1) is 23.0. The summed E-state index contributed by atoms with van der Waals surface area (Å²) < 4.78 is 1.42. The van der Waals surface area contributed by atoms with E-state index in [1.807, 2.05) is 6.08 Å². The van der Waals surface area contributed by atoms with Crippen molar-refractivity contribution in [3.8, 4) is 0 Å². The third-order valence-electron chi connectivity index (χ3n) is 9.60. The van der Waals surface area contributed by atoms with Gasteiger partial charge in [-0.25, -0.2) is 11.6 Å². The molecular formula is C49H60Cl2Zr-2. The summed E-state index contributed by atoms with van der Waals surface area (Å²) in [5.41, 5.74) is 10.5. The molecular weight excluding hydrogens is 751 g/mol. The second kappa shape index (κ2) is 17.8. The summed E-state index contributed by atoms with van der Waals surface area (Å²) in [4.78, 5) is 0. The molecule has 0 radical (unpaired) electrons. The zero-order valence-electron chi connectivity index (χ0n) is 34.1. The molecule has 276 valence electrons. The largest absolute Gasteiger partial charge is 1.00 e. The third-order valence-corrected chi connectivity index (χ3v) is 11.0. The Labute approximate surface area is 344 Å². The van der Waals surface area contributed by atoms with Crippen LogP contribution in [0.2, 0.25) is 0 Å². The van der Waals surface area contributed by atoms with Crippen molar-refractivity contribution in [2.45, 2.75) is 119 Å². The van der Waals surface area contributed by atoms with Crippen molar-refractivity contribution in [3.63, 3.8) is 0 Å². The second-order valence-electron chi connectivity index (χ2n) is 18.3. The molecule has 0 fully saturated rings. The van der Waals surface area contributed by atoms with Gasteiger partial charge in [0, 0.05) is 0 Å². The van der Waals surface area contributed by atoms with Crippen LogP contribution >= 0.6 is 0 Å². The van der Waals surface area contributed by atoms with Crippen molar-refractivity contribution in [2.75, 3.05) is 0 Å². The van der Waals surface area contributed by atoms with Crippen LogP contribution in [-0.4, -0.2) is 3.21 Å². The zero-order valence-corrected chi connectivity index (χ0v) is 38.1. The molecule has 1 unspecified atom stereocenters. The molecule has 5 aromatic carbocycles. The Hall–Kier alpha value is -2.44. The van der Waals surface area contributed by atoms with Crippen molar-refractivity contribution >= 4 is 24.8 Å². The van der Waals surface area contributed by atoms with E-state index in [2.05, 4.69) is 200 Å². The smallest absolute Gasteiger partial charge is 0.0202 e. The number of hydrogen-bond donors (Lipinski definition) is 0. The number of rotatable bonds is 2. The summed E-state index contributed by atoms with van der Waals surface area (Å²) in [6.45, 7) is 31.4. The van der Waals surface area contributed by atoms with Crippen LogP contribution < -0.4 is 24.8 Å². The van der Waals surface area contributed by atoms with Crippen molar-refractivity contribution < 1.29 is 49.0 Å². The summed E-state index contributed by atoms with van der Waals surface area (Å²) in [5.74, 6) is 0.556. The second-order valence-corrected chi connectivity index (χ2v) is 19.5. The van der Waals surface area contributed by atoms with Gasteiger partial charge in [-0.2, -0.15) is 6.08 Å². The molecule has 5 aromatic rings. The summed E-state index contributed by atoms with van der Waals surface area (Å²) in [6, 6.07) is 34.3. The van der Waals surface area contributed by atoms with Crippen molar-refractivity contribution in [3.05, 3.63) is 148 Å². The van der Waals surface area contributed by atoms with Gasteiger partial charge in [0.15, 0.2) is 0 Å². The third kappa shape index (κ3) is 12.0. The molecule has 6 rings (SSSR count). The average Bonchev–Trinajstić information content (AvgIpc) is 3.60. The molecule has 52 heavy (non-hydrogen) atoms. The van der Waals surface area contributed by atoms with Crippen LogP contribution in [0, 0.1) is 12.0 Å². The van der Waals surface area contributed by atoms with Gasteiger partial charge in [-0.05, 0) is 10.8 Å². The summed E-state index contributed by atoms with van der Waals surface area (Å²) in [5, 5.41) is 5.48. The van der Waals surface area contributed by atoms with Crippen LogP contribution in [-0.2, 0) is 45.9 Å². The minimum atomic E-state index is 0. The van der Waals surface area contributed by atoms with Crippen molar-refractivity contribution in [1.29, 1.82) is 0 Å². The number of halogens is 2. The summed E-state index contributed by atoms with van der Waals surface area (Å²) >= 11 is 1.46. The van der Waals surface area contributed by atoms with E-state index >= 15 is 0 Å². The molecule has 3 heteroatoms. The van der Waals surface area contributed by atoms with E-state index in [-0.39, 0.29) is 46.5 Å². The van der Waals surface area contributed by atoms with Crippen LogP contribution in [0.25, 0.3) is 21.5 Å². The molecule has 0 bridgehead atoms. The maximum Gasteiger partial charge on any atom is -0.0202 e. The minimum absolute atomic E-state index is 0. The van der Waals surface area contributed by atoms with E-state index in [1.54, 1.807) is 0 Å². The topological polar surface area (TPSA) is 0 Å². The molecule has 1 aliphatic rings. The van der Waals surface area contributed by atoms with Gasteiger partial charge in [-0.1, -0.05) is 89.8 Å². The van der Waals surface area contributed by atoms with Crippen LogP contribution in [0.15, 0.2) is 109 Å². The first kappa shape index (κ1) is 45.7. The van der Waals surface area contributed by atoms with Gasteiger partial charge < -0.3 is 24.8 Å². The average molecular weight is 811 g/mol. The van der Waals surface area contributed by atoms with Gasteiger partial charge in [0.2, 0.25) is 0 Å². The quantitative estimate of drug-likeness (QED) is 0.161. The fourth-order valence-electron chi connectivity index (χ4n) is 6.15. The van der Waals surface area contributed by atoms with Gasteiger partial charge in [0.05, 0.1) is 0 Å². The zero-order chi connectivity index (χ0) is 37.2. The number of fused-ring (bicyclic) bond motifs is 3. The normalized spacial score (nSPS) is 14.4. The van der Waals surface area contributed by atoms with E-state index in [4.69, 9.17) is 0 Å². The predicted octanol–water partition coefficient (Wildman–Crippen LogP) is 7.65. The molecule has 0 aliphatic heterocycles. The Morgan fingerprint density at radius 1 is 0.538 bits per heavy atom. The fourth-order valence-corrected chi connectivity index (χ4v) is 6.97. The van der Waals surface area contributed by atoms with Crippen LogP contribution in [0.5, 0.6) is 0 Å². The summed E-state index contributed by atoms with van der Waals surface area (Å²) in [6.07, 6.45) is 7.38. The van der Waals surface area contributed by atoms with E-state index in [0.29, 0.717) is 5.92 Å². The standard InChI is InChI=1S/C21H25.C21H26.C7H9.2ClH.Zr/c1-20(2,3)16-7-9-18-14(12-16)11-15-13-17(21(4,5)6)8-10-19(15)18;1-20(2,3)18-11-7-16(8-12-18)15-17-9-13-19(14-10-17)21(4,5)6;1-6-3-4-7(2)5-6;;;/h7-13H,1-6H3;7-14H,1-6H3;3,5,7H,1-2H3;2*1H;/q-1;;-1;;;+2/p-2. The molecule has 0 saturated heterocycles. The SMILES string of the molecule is CC(C)(C)c1ccc([C](=[Zr+2])c2ccc(C(C)(C)C)cc2)cc1.CC(C)(C)c1ccc2c(c1)[cH-]c1cc(C(C)(C)C)ccc12.CC1=CC(C)[C-]=C1.[Cl-].[Cl-]. The summed E-state index contributed by atoms with van der Waals surface area (Å²) in [7, 11) is 0. The maximum atomic E-state index is 3.15. The minimum Gasteiger partial charge on any atom is -1.00 e. The Morgan fingerprint density at radius 2 is 0.865 bits per heavy atom. The number of hydrogen-bond acceptors (Lipinski definition) is 0. The van der Waals surface area contributed by atoms with Gasteiger partial charge in [-0.3, -0.25) is 6.08 Å². The molecule has 0 aromatic heterocycles. The fraction of sp³-hybridized carbons (Fsp3) is 0.388. The molecule has 0 heterocycles. The maximum absolute atomic E-state index is 3.15. The number of allylic oxidation sites excluding steroid dienone is 4. The molecule has 1 atom stereocenters. The van der Waals surface area contributed by atoms with Crippen LogP contribution in [0.1, 0.15) is 130 Å². The van der Waals surface area contributed by atoms with Crippen molar-refractivity contribution in [2.24, 2.45) is 5.92 Å². The molecule has 0 amide bonds. The Bertz CT molecular complexity index is 1860. The van der Waals surface area contributed by atoms with Crippen molar-refractivity contribution in [1.82, 2.24) is 0 Å².